The Kier molecular flexibility index (Phi) is 3.86. The first-order chi connectivity index (χ1) is 12.0. The average molecular weight is 337 g/mol. The van der Waals surface area contributed by atoms with Gasteiger partial charge in [-0.25, -0.2) is 0 Å². The van der Waals surface area contributed by atoms with Crippen molar-refractivity contribution in [1.82, 2.24) is 10.2 Å². The molecule has 130 valence electrons. The first kappa shape index (κ1) is 15.9. The molecule has 2 aromatic carbocycles. The number of nitrogens with one attached hydrogen (secondary N) is 1. The number of nitrogens with zero attached hydrogens (tertiary/aromatic N) is 2. The van der Waals surface area contributed by atoms with Gasteiger partial charge in [0.1, 0.15) is 0 Å². The molecular formula is C20H23N3O2. The van der Waals surface area contributed by atoms with Gasteiger partial charge in [-0.2, -0.15) is 0 Å². The summed E-state index contributed by atoms with van der Waals surface area (Å²) in [6, 6.07) is 12.3. The molecule has 5 heteroatoms. The van der Waals surface area contributed by atoms with Crippen LogP contribution < -0.4 is 10.2 Å². The van der Waals surface area contributed by atoms with Crippen molar-refractivity contribution < 1.29 is 9.59 Å². The monoisotopic (exact) mass is 337 g/mol. The zero-order valence-corrected chi connectivity index (χ0v) is 14.7. The predicted octanol–water partition coefficient (Wildman–Crippen LogP) is 2.26. The molecule has 0 bridgehead atoms. The predicted molar refractivity (Wildman–Crippen MR) is 98.8 cm³/mol. The smallest absolute Gasteiger partial charge is 0.254 e. The number of carbonyl (C=O) groups excluding carboxylic acids is 2. The van der Waals surface area contributed by atoms with Crippen LogP contribution in [0.5, 0.6) is 0 Å². The molecule has 25 heavy (non-hydrogen) atoms. The Labute approximate surface area is 147 Å². The van der Waals surface area contributed by atoms with Crippen LogP contribution in [0, 0.1) is 5.92 Å². The molecule has 0 spiro atoms. The highest BCUT2D eigenvalue weighted by atomic mass is 16.2. The fraction of sp³-hybridized carbons (Fsp3) is 0.400. The summed E-state index contributed by atoms with van der Waals surface area (Å²) < 4.78 is 0. The van der Waals surface area contributed by atoms with Crippen molar-refractivity contribution in [3.05, 3.63) is 42.0 Å². The number of hydrogen-bond donors (Lipinski definition) is 1. The van der Waals surface area contributed by atoms with Gasteiger partial charge in [-0.15, -0.1) is 0 Å². The number of benzene rings is 2. The van der Waals surface area contributed by atoms with E-state index in [1.54, 1.807) is 0 Å². The van der Waals surface area contributed by atoms with Gasteiger partial charge < -0.3 is 15.1 Å². The van der Waals surface area contributed by atoms with Crippen LogP contribution in [0.25, 0.3) is 10.8 Å². The molecule has 0 unspecified atom stereocenters. The van der Waals surface area contributed by atoms with E-state index in [2.05, 4.69) is 16.3 Å². The highest BCUT2D eigenvalue weighted by Crippen LogP contribution is 2.31. The van der Waals surface area contributed by atoms with Gasteiger partial charge in [-0.05, 0) is 23.9 Å². The third-order valence-corrected chi connectivity index (χ3v) is 5.43. The van der Waals surface area contributed by atoms with E-state index in [-0.39, 0.29) is 23.8 Å². The fourth-order valence-electron chi connectivity index (χ4n) is 4.15. The number of carbonyl (C=O) groups is 2. The van der Waals surface area contributed by atoms with Crippen LogP contribution in [0.15, 0.2) is 36.4 Å². The number of rotatable bonds is 2. The Morgan fingerprint density at radius 1 is 1.16 bits per heavy atom. The van der Waals surface area contributed by atoms with E-state index in [9.17, 15) is 9.59 Å². The van der Waals surface area contributed by atoms with Gasteiger partial charge in [0.05, 0.1) is 0 Å². The second-order valence-corrected chi connectivity index (χ2v) is 7.25. The van der Waals surface area contributed by atoms with Crippen molar-refractivity contribution in [2.45, 2.75) is 18.9 Å². The molecule has 2 heterocycles. The van der Waals surface area contributed by atoms with E-state index in [1.165, 1.54) is 0 Å². The first-order valence-corrected chi connectivity index (χ1v) is 8.82. The molecule has 2 atom stereocenters. The standard InChI is InChI=1S/C20H23N3O2/c1-22(2)18-8-7-16(14-5-3-4-6-15(14)18)20(25)23-10-9-17-13(12-23)11-19(24)21-17/h3-8,13,17H,9-12H2,1-2H3,(H,21,24)/t13-,17+/m1/s1. The molecule has 5 nitrogen and oxygen atoms in total. The summed E-state index contributed by atoms with van der Waals surface area (Å²) in [6.45, 7) is 1.36. The second kappa shape index (κ2) is 6.06. The zero-order valence-electron chi connectivity index (χ0n) is 14.7. The molecule has 0 saturated carbocycles. The average Bonchev–Trinajstić information content (AvgIpc) is 2.99. The van der Waals surface area contributed by atoms with Gasteiger partial charge in [0.2, 0.25) is 5.91 Å². The van der Waals surface area contributed by atoms with Crippen molar-refractivity contribution in [3.8, 4) is 0 Å². The molecule has 0 aromatic heterocycles. The van der Waals surface area contributed by atoms with Crippen LogP contribution in [0.1, 0.15) is 23.2 Å². The normalized spacial score (nSPS) is 22.6. The molecule has 0 radical (unpaired) electrons. The molecule has 2 aromatic rings. The Morgan fingerprint density at radius 3 is 2.68 bits per heavy atom. The number of hydrogen-bond acceptors (Lipinski definition) is 3. The Balaban J connectivity index is 1.67. The minimum Gasteiger partial charge on any atom is -0.377 e. The molecule has 0 aliphatic carbocycles. The van der Waals surface area contributed by atoms with Gasteiger partial charge >= 0.3 is 0 Å². The Morgan fingerprint density at radius 2 is 1.92 bits per heavy atom. The van der Waals surface area contributed by atoms with Crippen molar-refractivity contribution in [2.75, 3.05) is 32.1 Å². The summed E-state index contributed by atoms with van der Waals surface area (Å²) in [4.78, 5) is 28.8. The third-order valence-electron chi connectivity index (χ3n) is 5.43. The van der Waals surface area contributed by atoms with Gasteiger partial charge in [-0.3, -0.25) is 9.59 Å². The first-order valence-electron chi connectivity index (χ1n) is 8.82. The van der Waals surface area contributed by atoms with E-state index in [0.717, 1.165) is 28.4 Å². The van der Waals surface area contributed by atoms with Crippen molar-refractivity contribution in [2.24, 2.45) is 5.92 Å². The molecule has 2 amide bonds. The lowest BCUT2D eigenvalue weighted by Gasteiger charge is -2.34. The quantitative estimate of drug-likeness (QED) is 0.914. The van der Waals surface area contributed by atoms with Crippen LogP contribution in [0.4, 0.5) is 5.69 Å². The van der Waals surface area contributed by atoms with Crippen LogP contribution >= 0.6 is 0 Å². The lowest BCUT2D eigenvalue weighted by Crippen LogP contribution is -2.47. The minimum absolute atomic E-state index is 0.0688. The third kappa shape index (κ3) is 2.73. The minimum atomic E-state index is 0.0688. The Hall–Kier alpha value is -2.56. The van der Waals surface area contributed by atoms with Crippen molar-refractivity contribution >= 4 is 28.3 Å². The maximum atomic E-state index is 13.2. The molecule has 4 rings (SSSR count). The number of likely N-dealkylation sites (tertiary alicyclic amines) is 1. The van der Waals surface area contributed by atoms with E-state index in [4.69, 9.17) is 0 Å². The van der Waals surface area contributed by atoms with Crippen LogP contribution in [0.2, 0.25) is 0 Å². The summed E-state index contributed by atoms with van der Waals surface area (Å²) in [5.41, 5.74) is 1.85. The summed E-state index contributed by atoms with van der Waals surface area (Å²) in [5.74, 6) is 0.432. The van der Waals surface area contributed by atoms with Gasteiger partial charge in [0, 0.05) is 62.2 Å². The molecule has 2 saturated heterocycles. The maximum absolute atomic E-state index is 13.2. The molecule has 1 N–H and O–H groups in total. The molecule has 2 aliphatic heterocycles. The number of fused-ring (bicyclic) bond motifs is 2. The summed E-state index contributed by atoms with van der Waals surface area (Å²) in [5, 5.41) is 5.10. The second-order valence-electron chi connectivity index (χ2n) is 7.25. The lowest BCUT2D eigenvalue weighted by atomic mass is 9.92. The van der Waals surface area contributed by atoms with Crippen LogP contribution in [-0.4, -0.2) is 49.9 Å². The number of piperidine rings is 1. The highest BCUT2D eigenvalue weighted by molar-refractivity contribution is 6.10. The van der Waals surface area contributed by atoms with Gasteiger partial charge in [-0.1, -0.05) is 24.3 Å². The summed E-state index contributed by atoms with van der Waals surface area (Å²) in [7, 11) is 4.02. The highest BCUT2D eigenvalue weighted by Gasteiger charge is 2.38. The van der Waals surface area contributed by atoms with Crippen LogP contribution in [-0.2, 0) is 4.79 Å². The summed E-state index contributed by atoms with van der Waals surface area (Å²) >= 11 is 0. The SMILES string of the molecule is CN(C)c1ccc(C(=O)N2CC[C@@H]3NC(=O)C[C@@H]3C2)c2ccccc12. The number of anilines is 1. The van der Waals surface area contributed by atoms with E-state index < -0.39 is 0 Å². The topological polar surface area (TPSA) is 52.7 Å². The zero-order chi connectivity index (χ0) is 17.6. The maximum Gasteiger partial charge on any atom is 0.254 e. The van der Waals surface area contributed by atoms with E-state index in [0.29, 0.717) is 19.5 Å². The molecular weight excluding hydrogens is 314 g/mol. The van der Waals surface area contributed by atoms with E-state index in [1.807, 2.05) is 49.3 Å². The molecule has 2 aliphatic rings. The summed E-state index contributed by atoms with van der Waals surface area (Å²) in [6.07, 6.45) is 1.38. The van der Waals surface area contributed by atoms with Crippen molar-refractivity contribution in [1.29, 1.82) is 0 Å². The van der Waals surface area contributed by atoms with E-state index >= 15 is 0 Å². The lowest BCUT2D eigenvalue weighted by molar-refractivity contribution is -0.119. The van der Waals surface area contributed by atoms with Gasteiger partial charge in [0.25, 0.3) is 5.91 Å². The Bertz CT molecular complexity index is 846. The number of amides is 2. The van der Waals surface area contributed by atoms with Crippen LogP contribution in [0.3, 0.4) is 0 Å². The largest absolute Gasteiger partial charge is 0.377 e. The molecule has 2 fully saturated rings. The van der Waals surface area contributed by atoms with Crippen molar-refractivity contribution in [3.63, 3.8) is 0 Å². The van der Waals surface area contributed by atoms with Gasteiger partial charge in [0.15, 0.2) is 0 Å². The fourth-order valence-corrected chi connectivity index (χ4v) is 4.15.